The largest absolute Gasteiger partial charge is 1.00 e. The number of aryl methyl sites for hydroxylation is 1. The van der Waals surface area contributed by atoms with Crippen LogP contribution in [-0.2, 0) is 12.8 Å². The monoisotopic (exact) mass is 616 g/mol. The molecule has 220 valence electrons. The van der Waals surface area contributed by atoms with Gasteiger partial charge in [-0.05, 0) is 67.6 Å². The summed E-state index contributed by atoms with van der Waals surface area (Å²) < 4.78 is 14.0. The molecule has 0 aliphatic rings. The third kappa shape index (κ3) is 6.57. The number of hydrogen-bond donors (Lipinski definition) is 1. The summed E-state index contributed by atoms with van der Waals surface area (Å²) in [4.78, 5) is 32.9. The van der Waals surface area contributed by atoms with E-state index in [1.54, 1.807) is 9.08 Å². The Balaban J connectivity index is 0.00000230. The zero-order chi connectivity index (χ0) is 29.9. The summed E-state index contributed by atoms with van der Waals surface area (Å²) in [6.45, 7) is 6.08. The van der Waals surface area contributed by atoms with Gasteiger partial charge in [-0.3, -0.25) is 14.3 Å². The molecule has 3 aromatic carbocycles. The number of unbranched alkanes of at least 4 members (excludes halogenated alkanes) is 1. The number of aromatic amines is 1. The maximum absolute atomic E-state index is 14.2. The Hall–Kier alpha value is -3.61. The van der Waals surface area contributed by atoms with Crippen LogP contribution in [0.25, 0.3) is 34.0 Å². The fourth-order valence-corrected chi connectivity index (χ4v) is 5.31. The van der Waals surface area contributed by atoms with Gasteiger partial charge in [-0.15, -0.1) is 0 Å². The molecule has 0 amide bonds. The summed E-state index contributed by atoms with van der Waals surface area (Å²) in [5.41, 5.74) is 5.72. The number of H-pyrrole nitrogens is 1. The molecule has 3 aromatic heterocycles. The molecule has 10 nitrogen and oxygen atoms in total. The standard InChI is InChI=1S/C33H32N6O4.K.H/c1-4-5-10-29-28(31(40)38(32-34-20-35-39(29)32)24-15-17-25(18-16-24)42-21(2)3)19-22-11-13-23(14-12-22)26-8-6-7-9-27(26)30-36-33(41)43-37-30;;/h6-9,11-18,20-21H,4-5,10,19H2,1-3H3,(H,36,37,41);;/q;+1;-1. The molecule has 44 heavy (non-hydrogen) atoms. The van der Waals surface area contributed by atoms with E-state index in [0.29, 0.717) is 35.7 Å². The summed E-state index contributed by atoms with van der Waals surface area (Å²) in [5, 5.41) is 8.39. The topological polar surface area (TPSA) is 120 Å². The number of nitrogens with zero attached hydrogens (tertiary/aromatic N) is 5. The number of fused-ring (bicyclic) bond motifs is 1. The van der Waals surface area contributed by atoms with Gasteiger partial charge >= 0.3 is 57.1 Å². The second-order valence-electron chi connectivity index (χ2n) is 10.7. The molecule has 0 radical (unpaired) electrons. The predicted molar refractivity (Wildman–Crippen MR) is 165 cm³/mol. The summed E-state index contributed by atoms with van der Waals surface area (Å²) >= 11 is 0. The predicted octanol–water partition coefficient (Wildman–Crippen LogP) is 2.73. The van der Waals surface area contributed by atoms with Gasteiger partial charge in [-0.2, -0.15) is 10.1 Å². The molecule has 6 aromatic rings. The van der Waals surface area contributed by atoms with E-state index in [-0.39, 0.29) is 64.5 Å². The van der Waals surface area contributed by atoms with Crippen molar-refractivity contribution >= 4 is 5.78 Å². The fourth-order valence-electron chi connectivity index (χ4n) is 5.31. The van der Waals surface area contributed by atoms with Crippen molar-refractivity contribution in [2.45, 2.75) is 52.6 Å². The van der Waals surface area contributed by atoms with E-state index >= 15 is 0 Å². The van der Waals surface area contributed by atoms with Gasteiger partial charge in [0.1, 0.15) is 12.1 Å². The van der Waals surface area contributed by atoms with Crippen molar-refractivity contribution in [3.63, 3.8) is 0 Å². The van der Waals surface area contributed by atoms with Crippen molar-refractivity contribution < 1.29 is 62.1 Å². The summed E-state index contributed by atoms with van der Waals surface area (Å²) in [6, 6.07) is 23.2. The van der Waals surface area contributed by atoms with Crippen LogP contribution in [0.3, 0.4) is 0 Å². The Morgan fingerprint density at radius 1 is 0.977 bits per heavy atom. The van der Waals surface area contributed by atoms with E-state index in [1.165, 1.54) is 6.33 Å². The Labute approximate surface area is 298 Å². The quantitative estimate of drug-likeness (QED) is 0.235. The van der Waals surface area contributed by atoms with Crippen molar-refractivity contribution in [1.82, 2.24) is 29.3 Å². The summed E-state index contributed by atoms with van der Waals surface area (Å²) in [6.07, 6.45) is 4.60. The minimum atomic E-state index is -0.603. The molecule has 0 spiro atoms. The first-order valence-corrected chi connectivity index (χ1v) is 14.4. The van der Waals surface area contributed by atoms with Gasteiger partial charge < -0.3 is 6.16 Å². The Bertz CT molecular complexity index is 2000. The number of benzene rings is 3. The molecule has 0 aliphatic heterocycles. The zero-order valence-corrected chi connectivity index (χ0v) is 28.4. The molecule has 1 N–H and O–H groups in total. The van der Waals surface area contributed by atoms with Gasteiger partial charge in [-0.1, -0.05) is 67.0 Å². The van der Waals surface area contributed by atoms with Gasteiger partial charge in [-0.25, -0.2) is 13.9 Å². The van der Waals surface area contributed by atoms with Crippen molar-refractivity contribution in [2.75, 3.05) is 0 Å². The number of ether oxygens (including phenoxy) is 1. The van der Waals surface area contributed by atoms with Crippen LogP contribution in [0.15, 0.2) is 93.2 Å². The van der Waals surface area contributed by atoms with E-state index in [9.17, 15) is 9.59 Å². The van der Waals surface area contributed by atoms with Gasteiger partial charge in [0.05, 0.1) is 17.5 Å². The molecule has 0 saturated heterocycles. The van der Waals surface area contributed by atoms with Crippen LogP contribution in [0.4, 0.5) is 0 Å². The third-order valence-corrected chi connectivity index (χ3v) is 7.30. The van der Waals surface area contributed by atoms with E-state index in [4.69, 9.17) is 9.26 Å². The van der Waals surface area contributed by atoms with E-state index in [0.717, 1.165) is 46.5 Å². The number of rotatable bonds is 10. The molecule has 0 atom stereocenters. The average molecular weight is 617 g/mol. The molecule has 6 rings (SSSR count). The minimum absolute atomic E-state index is 0. The van der Waals surface area contributed by atoms with Crippen LogP contribution >= 0.6 is 0 Å². The van der Waals surface area contributed by atoms with Crippen LogP contribution in [0.2, 0.25) is 0 Å². The van der Waals surface area contributed by atoms with Crippen LogP contribution in [0.1, 0.15) is 51.9 Å². The summed E-state index contributed by atoms with van der Waals surface area (Å²) in [5.74, 6) is 0.987. The number of hydrogen-bond acceptors (Lipinski definition) is 7. The Morgan fingerprint density at radius 3 is 2.36 bits per heavy atom. The van der Waals surface area contributed by atoms with Crippen molar-refractivity contribution in [2.24, 2.45) is 0 Å². The van der Waals surface area contributed by atoms with E-state index in [1.807, 2.05) is 86.6 Å². The van der Waals surface area contributed by atoms with Crippen LogP contribution < -0.4 is 67.4 Å². The first kappa shape index (κ1) is 31.8. The minimum Gasteiger partial charge on any atom is -1.00 e. The smallest absolute Gasteiger partial charge is 1.00 e. The first-order chi connectivity index (χ1) is 20.9. The maximum Gasteiger partial charge on any atom is 1.00 e. The zero-order valence-electron chi connectivity index (χ0n) is 26.3. The van der Waals surface area contributed by atoms with Gasteiger partial charge in [0.2, 0.25) is 5.78 Å². The Kier molecular flexibility index (Phi) is 10.1. The first-order valence-electron chi connectivity index (χ1n) is 14.4. The van der Waals surface area contributed by atoms with E-state index in [2.05, 4.69) is 27.1 Å². The number of nitrogens with one attached hydrogen (secondary N) is 1. The molecule has 0 unspecified atom stereocenters. The third-order valence-electron chi connectivity index (χ3n) is 7.30. The molecule has 0 fully saturated rings. The second kappa shape index (κ2) is 14.0. The summed E-state index contributed by atoms with van der Waals surface area (Å²) in [7, 11) is 0. The molecule has 0 aliphatic carbocycles. The van der Waals surface area contributed by atoms with Crippen molar-refractivity contribution in [3.05, 3.63) is 117 Å². The number of aromatic nitrogens is 6. The second-order valence-corrected chi connectivity index (χ2v) is 10.7. The van der Waals surface area contributed by atoms with Crippen molar-refractivity contribution in [3.8, 4) is 34.0 Å². The molecule has 0 saturated carbocycles. The van der Waals surface area contributed by atoms with Gasteiger partial charge in [0.25, 0.3) is 5.56 Å². The molecule has 11 heteroatoms. The van der Waals surface area contributed by atoms with Crippen LogP contribution in [-0.4, -0.2) is 35.4 Å². The maximum atomic E-state index is 14.2. The fraction of sp³-hybridized carbons (Fsp3) is 0.242. The van der Waals surface area contributed by atoms with Gasteiger partial charge in [0, 0.05) is 17.5 Å². The molecular formula is C33H33KN6O4. The normalized spacial score (nSPS) is 11.2. The molecular weight excluding hydrogens is 583 g/mol. The SMILES string of the molecule is CCCCc1c(Cc2ccc(-c3ccccc3-c3noc(=O)[nH]3)cc2)c(=O)n(-c2ccc(OC(C)C)cc2)c2ncnn12.[H-].[K+]. The van der Waals surface area contributed by atoms with Crippen LogP contribution in [0.5, 0.6) is 5.75 Å². The molecule has 3 heterocycles. The van der Waals surface area contributed by atoms with Gasteiger partial charge in [0.15, 0.2) is 5.82 Å². The molecule has 0 bridgehead atoms. The van der Waals surface area contributed by atoms with E-state index < -0.39 is 5.76 Å². The van der Waals surface area contributed by atoms with Crippen LogP contribution in [0, 0.1) is 0 Å². The average Bonchev–Trinajstić information content (AvgIpc) is 3.67. The van der Waals surface area contributed by atoms with Crippen molar-refractivity contribution in [1.29, 1.82) is 0 Å². The Morgan fingerprint density at radius 2 is 1.70 bits per heavy atom.